The van der Waals surface area contributed by atoms with E-state index >= 15 is 0 Å². The molecule has 1 unspecified atom stereocenters. The van der Waals surface area contributed by atoms with Crippen LogP contribution in [-0.4, -0.2) is 41.7 Å². The van der Waals surface area contributed by atoms with Gasteiger partial charge in [0.2, 0.25) is 0 Å². The third-order valence-electron chi connectivity index (χ3n) is 3.61. The maximum Gasteiger partial charge on any atom is 0.257 e. The van der Waals surface area contributed by atoms with Crippen LogP contribution >= 0.6 is 0 Å². The highest BCUT2D eigenvalue weighted by Gasteiger charge is 2.26. The normalized spacial score (nSPS) is 19.1. The van der Waals surface area contributed by atoms with Crippen LogP contribution in [0.1, 0.15) is 42.1 Å². The summed E-state index contributed by atoms with van der Waals surface area (Å²) < 4.78 is 5.74. The molecule has 1 heterocycles. The Kier molecular flexibility index (Phi) is 5.01. The van der Waals surface area contributed by atoms with Gasteiger partial charge in [-0.3, -0.25) is 4.79 Å². The van der Waals surface area contributed by atoms with Gasteiger partial charge in [-0.05, 0) is 43.9 Å². The van der Waals surface area contributed by atoms with Crippen molar-refractivity contribution in [1.82, 2.24) is 4.90 Å². The summed E-state index contributed by atoms with van der Waals surface area (Å²) in [6.45, 7) is 6.06. The van der Waals surface area contributed by atoms with Gasteiger partial charge in [-0.1, -0.05) is 13.0 Å². The first-order valence-corrected chi connectivity index (χ1v) is 7.32. The zero-order valence-electron chi connectivity index (χ0n) is 12.3. The Morgan fingerprint density at radius 1 is 1.50 bits per heavy atom. The molecule has 1 aromatic rings. The number of likely N-dealkylation sites (tertiary alicyclic amines) is 1. The number of aryl methyl sites for hydroxylation is 1. The van der Waals surface area contributed by atoms with E-state index in [0.717, 1.165) is 38.0 Å². The lowest BCUT2D eigenvalue weighted by atomic mass is 10.1. The molecule has 1 atom stereocenters. The van der Waals surface area contributed by atoms with Crippen LogP contribution in [0, 0.1) is 6.92 Å². The van der Waals surface area contributed by atoms with Crippen LogP contribution in [0.4, 0.5) is 0 Å². The van der Waals surface area contributed by atoms with E-state index in [0.29, 0.717) is 12.1 Å². The minimum atomic E-state index is -0.104. The quantitative estimate of drug-likeness (QED) is 0.920. The number of phenolic OH excluding ortho intramolecular Hbond substituents is 1. The number of ether oxygens (including phenoxy) is 1. The topological polar surface area (TPSA) is 49.8 Å². The molecule has 4 nitrogen and oxygen atoms in total. The highest BCUT2D eigenvalue weighted by molar-refractivity contribution is 5.97. The van der Waals surface area contributed by atoms with Crippen LogP contribution in [0.15, 0.2) is 18.2 Å². The molecule has 1 aliphatic heterocycles. The molecule has 0 saturated carbocycles. The molecule has 110 valence electrons. The average Bonchev–Trinajstić information content (AvgIpc) is 2.45. The molecular formula is C16H23NO3. The average molecular weight is 277 g/mol. The molecule has 0 radical (unpaired) electrons. The van der Waals surface area contributed by atoms with Gasteiger partial charge in [0.25, 0.3) is 5.91 Å². The molecule has 1 N–H and O–H groups in total. The number of benzene rings is 1. The van der Waals surface area contributed by atoms with Gasteiger partial charge in [-0.2, -0.15) is 0 Å². The number of nitrogens with zero attached hydrogens (tertiary/aromatic N) is 1. The minimum absolute atomic E-state index is 0.0617. The first-order chi connectivity index (χ1) is 9.61. The molecule has 1 saturated heterocycles. The molecule has 0 bridgehead atoms. The van der Waals surface area contributed by atoms with Crippen molar-refractivity contribution >= 4 is 5.91 Å². The van der Waals surface area contributed by atoms with E-state index in [1.165, 1.54) is 0 Å². The van der Waals surface area contributed by atoms with Gasteiger partial charge < -0.3 is 14.7 Å². The van der Waals surface area contributed by atoms with Crippen molar-refractivity contribution in [2.75, 3.05) is 19.7 Å². The second-order valence-electron chi connectivity index (χ2n) is 5.41. The zero-order valence-corrected chi connectivity index (χ0v) is 12.3. The number of aromatic hydroxyl groups is 1. The molecular weight excluding hydrogens is 254 g/mol. The summed E-state index contributed by atoms with van der Waals surface area (Å²) in [7, 11) is 0. The van der Waals surface area contributed by atoms with Gasteiger partial charge in [0, 0.05) is 19.7 Å². The highest BCUT2D eigenvalue weighted by Crippen LogP contribution is 2.23. The van der Waals surface area contributed by atoms with Gasteiger partial charge in [0.15, 0.2) is 0 Å². The number of hydrogen-bond acceptors (Lipinski definition) is 3. The molecule has 1 aromatic carbocycles. The van der Waals surface area contributed by atoms with Crippen LogP contribution in [0.25, 0.3) is 0 Å². The predicted molar refractivity (Wildman–Crippen MR) is 78.0 cm³/mol. The van der Waals surface area contributed by atoms with Crippen molar-refractivity contribution in [3.63, 3.8) is 0 Å². The van der Waals surface area contributed by atoms with Gasteiger partial charge in [0.1, 0.15) is 5.75 Å². The van der Waals surface area contributed by atoms with Gasteiger partial charge in [-0.15, -0.1) is 0 Å². The molecule has 1 fully saturated rings. The summed E-state index contributed by atoms with van der Waals surface area (Å²) in [6, 6.07) is 5.17. The van der Waals surface area contributed by atoms with E-state index in [2.05, 4.69) is 6.92 Å². The van der Waals surface area contributed by atoms with Crippen molar-refractivity contribution in [1.29, 1.82) is 0 Å². The third kappa shape index (κ3) is 3.51. The van der Waals surface area contributed by atoms with E-state index in [1.807, 2.05) is 13.0 Å². The Bertz CT molecular complexity index is 473. The van der Waals surface area contributed by atoms with E-state index in [1.54, 1.807) is 17.0 Å². The third-order valence-corrected chi connectivity index (χ3v) is 3.61. The molecule has 2 rings (SSSR count). The zero-order chi connectivity index (χ0) is 14.5. The smallest absolute Gasteiger partial charge is 0.257 e. The summed E-state index contributed by atoms with van der Waals surface area (Å²) in [6.07, 6.45) is 3.07. The lowest BCUT2D eigenvalue weighted by Gasteiger charge is -2.32. The fourth-order valence-electron chi connectivity index (χ4n) is 2.54. The standard InChI is InChI=1S/C16H23NO3/c1-3-9-20-13-5-4-8-17(11-13)16(19)14-7-6-12(2)10-15(14)18/h6-7,10,13,18H,3-5,8-9,11H2,1-2H3. The SMILES string of the molecule is CCCOC1CCCN(C(=O)c2ccc(C)cc2O)C1. The number of hydrogen-bond donors (Lipinski definition) is 1. The monoisotopic (exact) mass is 277 g/mol. The predicted octanol–water partition coefficient (Wildman–Crippen LogP) is 2.73. The molecule has 4 heteroatoms. The Morgan fingerprint density at radius 2 is 2.30 bits per heavy atom. The second-order valence-corrected chi connectivity index (χ2v) is 5.41. The highest BCUT2D eigenvalue weighted by atomic mass is 16.5. The van der Waals surface area contributed by atoms with Crippen molar-refractivity contribution in [3.8, 4) is 5.75 Å². The molecule has 0 aliphatic carbocycles. The second kappa shape index (κ2) is 6.75. The number of carbonyl (C=O) groups is 1. The summed E-state index contributed by atoms with van der Waals surface area (Å²) in [5, 5.41) is 9.92. The first-order valence-electron chi connectivity index (χ1n) is 7.32. The van der Waals surface area contributed by atoms with Crippen molar-refractivity contribution < 1.29 is 14.6 Å². The summed E-state index contributed by atoms with van der Waals surface area (Å²) in [5.41, 5.74) is 1.33. The largest absolute Gasteiger partial charge is 0.507 e. The summed E-state index contributed by atoms with van der Waals surface area (Å²) >= 11 is 0. The number of phenols is 1. The number of amides is 1. The number of piperidine rings is 1. The van der Waals surface area contributed by atoms with Crippen LogP contribution in [0.5, 0.6) is 5.75 Å². The van der Waals surface area contributed by atoms with Crippen molar-refractivity contribution in [2.24, 2.45) is 0 Å². The lowest BCUT2D eigenvalue weighted by molar-refractivity contribution is 0.00202. The lowest BCUT2D eigenvalue weighted by Crippen LogP contribution is -2.43. The fourth-order valence-corrected chi connectivity index (χ4v) is 2.54. The van der Waals surface area contributed by atoms with Gasteiger partial charge >= 0.3 is 0 Å². The van der Waals surface area contributed by atoms with Crippen LogP contribution < -0.4 is 0 Å². The Labute approximate surface area is 120 Å². The molecule has 1 amide bonds. The molecule has 0 aromatic heterocycles. The maximum absolute atomic E-state index is 12.5. The molecule has 20 heavy (non-hydrogen) atoms. The van der Waals surface area contributed by atoms with E-state index in [-0.39, 0.29) is 17.8 Å². The number of rotatable bonds is 4. The number of carbonyl (C=O) groups excluding carboxylic acids is 1. The first kappa shape index (κ1) is 14.9. The Morgan fingerprint density at radius 3 is 3.00 bits per heavy atom. The fraction of sp³-hybridized carbons (Fsp3) is 0.562. The summed E-state index contributed by atoms with van der Waals surface area (Å²) in [5.74, 6) is -0.0427. The van der Waals surface area contributed by atoms with E-state index in [9.17, 15) is 9.90 Å². The molecule has 0 spiro atoms. The minimum Gasteiger partial charge on any atom is -0.507 e. The Balaban J connectivity index is 2.04. The maximum atomic E-state index is 12.5. The summed E-state index contributed by atoms with van der Waals surface area (Å²) in [4.78, 5) is 14.2. The van der Waals surface area contributed by atoms with Crippen LogP contribution in [0.3, 0.4) is 0 Å². The van der Waals surface area contributed by atoms with E-state index < -0.39 is 0 Å². The van der Waals surface area contributed by atoms with Gasteiger partial charge in [-0.25, -0.2) is 0 Å². The van der Waals surface area contributed by atoms with Crippen molar-refractivity contribution in [2.45, 2.75) is 39.2 Å². The Hall–Kier alpha value is -1.55. The molecule has 1 aliphatic rings. The van der Waals surface area contributed by atoms with Crippen molar-refractivity contribution in [3.05, 3.63) is 29.3 Å². The van der Waals surface area contributed by atoms with Crippen LogP contribution in [-0.2, 0) is 4.74 Å². The van der Waals surface area contributed by atoms with Crippen LogP contribution in [0.2, 0.25) is 0 Å². The van der Waals surface area contributed by atoms with Gasteiger partial charge in [0.05, 0.1) is 11.7 Å². The van der Waals surface area contributed by atoms with E-state index in [4.69, 9.17) is 4.74 Å².